The lowest BCUT2D eigenvalue weighted by molar-refractivity contribution is -0.130. The van der Waals surface area contributed by atoms with E-state index in [1.165, 1.54) is 12.2 Å². The number of nitrogens with two attached hydrogens (primary N) is 1. The van der Waals surface area contributed by atoms with Crippen molar-refractivity contribution in [3.05, 3.63) is 30.3 Å². The van der Waals surface area contributed by atoms with Crippen molar-refractivity contribution < 1.29 is 9.90 Å². The van der Waals surface area contributed by atoms with Crippen molar-refractivity contribution in [1.29, 1.82) is 0 Å². The Morgan fingerprint density at radius 2 is 2.10 bits per heavy atom. The topological polar surface area (TPSA) is 78.6 Å². The number of hydrogen-bond donors (Lipinski definition) is 3. The van der Waals surface area contributed by atoms with Crippen LogP contribution in [0, 0.1) is 5.92 Å². The lowest BCUT2D eigenvalue weighted by atomic mass is 9.89. The van der Waals surface area contributed by atoms with E-state index in [9.17, 15) is 9.90 Å². The lowest BCUT2D eigenvalue weighted by Crippen LogP contribution is -2.59. The number of nitrogens with one attached hydrogen (secondary N) is 1. The summed E-state index contributed by atoms with van der Waals surface area (Å²) in [5.74, 6) is 2.51. The zero-order valence-electron chi connectivity index (χ0n) is 17.7. The molecule has 5 nitrogen and oxygen atoms in total. The van der Waals surface area contributed by atoms with Gasteiger partial charge in [-0.05, 0) is 57.4 Å². The smallest absolute Gasteiger partial charge is 0.237 e. The molecule has 0 saturated carbocycles. The van der Waals surface area contributed by atoms with E-state index in [-0.39, 0.29) is 23.5 Å². The Morgan fingerprint density at radius 3 is 2.79 bits per heavy atom. The number of carbonyl (C=O) groups excluding carboxylic acids is 1. The normalized spacial score (nSPS) is 27.3. The summed E-state index contributed by atoms with van der Waals surface area (Å²) >= 11 is 3.66. The SMILES string of the molecule is CC(C)(C)NC(=O)[C@@H]1CC2SCC[C@@H]2CN1CC(O)C(N)CSc1ccccc1. The fourth-order valence-electron chi connectivity index (χ4n) is 4.08. The predicted molar refractivity (Wildman–Crippen MR) is 123 cm³/mol. The van der Waals surface area contributed by atoms with Crippen LogP contribution in [0.3, 0.4) is 0 Å². The molecule has 2 fully saturated rings. The molecular weight excluding hydrogens is 402 g/mol. The zero-order chi connectivity index (χ0) is 21.0. The number of likely N-dealkylation sites (tertiary alicyclic amines) is 1. The molecule has 0 spiro atoms. The highest BCUT2D eigenvalue weighted by atomic mass is 32.2. The lowest BCUT2D eigenvalue weighted by Gasteiger charge is -2.42. The van der Waals surface area contributed by atoms with Crippen molar-refractivity contribution in [2.24, 2.45) is 11.7 Å². The fraction of sp³-hybridized carbons (Fsp3) is 0.682. The average Bonchev–Trinajstić information content (AvgIpc) is 3.12. The van der Waals surface area contributed by atoms with Gasteiger partial charge < -0.3 is 16.2 Å². The van der Waals surface area contributed by atoms with Gasteiger partial charge in [-0.1, -0.05) is 18.2 Å². The molecule has 7 heteroatoms. The highest BCUT2D eigenvalue weighted by Gasteiger charge is 2.42. The average molecular weight is 438 g/mol. The van der Waals surface area contributed by atoms with Crippen LogP contribution in [0.5, 0.6) is 0 Å². The largest absolute Gasteiger partial charge is 0.390 e. The third kappa shape index (κ3) is 6.62. The first-order valence-electron chi connectivity index (χ1n) is 10.5. The summed E-state index contributed by atoms with van der Waals surface area (Å²) < 4.78 is 0. The van der Waals surface area contributed by atoms with Crippen LogP contribution in [0.4, 0.5) is 0 Å². The number of nitrogens with zero attached hydrogens (tertiary/aromatic N) is 1. The Kier molecular flexibility index (Phi) is 7.95. The summed E-state index contributed by atoms with van der Waals surface area (Å²) in [6.07, 6.45) is 1.41. The van der Waals surface area contributed by atoms with Crippen LogP contribution in [0.1, 0.15) is 33.6 Å². The standard InChI is InChI=1S/C22H35N3O2S2/c1-22(2,3)24-21(27)18-11-20-15(9-10-28-20)12-25(18)13-19(26)17(23)14-29-16-7-5-4-6-8-16/h4-8,15,17-20,26H,9-14,23H2,1-3H3,(H,24,27)/t15-,17?,18+,19?,20?/m1/s1. The number of aliphatic hydroxyl groups is 1. The van der Waals surface area contributed by atoms with Crippen LogP contribution in [0.15, 0.2) is 35.2 Å². The van der Waals surface area contributed by atoms with Crippen molar-refractivity contribution >= 4 is 29.4 Å². The van der Waals surface area contributed by atoms with E-state index in [1.54, 1.807) is 11.8 Å². The molecule has 2 aliphatic rings. The van der Waals surface area contributed by atoms with Crippen molar-refractivity contribution in [1.82, 2.24) is 10.2 Å². The molecule has 0 bridgehead atoms. The highest BCUT2D eigenvalue weighted by Crippen LogP contribution is 2.40. The van der Waals surface area contributed by atoms with Gasteiger partial charge in [0.25, 0.3) is 0 Å². The number of carbonyl (C=O) groups is 1. The predicted octanol–water partition coefficient (Wildman–Crippen LogP) is 2.58. The number of thioether (sulfide) groups is 2. The van der Waals surface area contributed by atoms with Gasteiger partial charge in [-0.25, -0.2) is 0 Å². The second kappa shape index (κ2) is 10.1. The zero-order valence-corrected chi connectivity index (χ0v) is 19.3. The summed E-state index contributed by atoms with van der Waals surface area (Å²) in [7, 11) is 0. The minimum absolute atomic E-state index is 0.0721. The fourth-order valence-corrected chi connectivity index (χ4v) is 6.59. The van der Waals surface area contributed by atoms with E-state index in [1.807, 2.05) is 50.7 Å². The Labute approximate surface area is 183 Å². The highest BCUT2D eigenvalue weighted by molar-refractivity contribution is 8.00. The number of hydrogen-bond acceptors (Lipinski definition) is 6. The van der Waals surface area contributed by atoms with Gasteiger partial charge in [0, 0.05) is 40.6 Å². The van der Waals surface area contributed by atoms with Gasteiger partial charge in [0.05, 0.1) is 12.1 Å². The van der Waals surface area contributed by atoms with Crippen LogP contribution in [0.2, 0.25) is 0 Å². The maximum atomic E-state index is 13.0. The molecule has 29 heavy (non-hydrogen) atoms. The Bertz CT molecular complexity index is 668. The minimum Gasteiger partial charge on any atom is -0.390 e. The van der Waals surface area contributed by atoms with Crippen LogP contribution in [-0.4, -0.2) is 69.5 Å². The Balaban J connectivity index is 1.60. The first-order chi connectivity index (χ1) is 13.7. The second-order valence-electron chi connectivity index (χ2n) is 9.26. The van der Waals surface area contributed by atoms with Crippen molar-refractivity contribution in [2.75, 3.05) is 24.6 Å². The summed E-state index contributed by atoms with van der Waals surface area (Å²) in [5, 5.41) is 14.5. The third-order valence-electron chi connectivity index (χ3n) is 5.61. The molecular formula is C22H35N3O2S2. The van der Waals surface area contributed by atoms with E-state index in [0.29, 0.717) is 23.5 Å². The molecule has 0 aromatic heterocycles. The molecule has 3 unspecified atom stereocenters. The quantitative estimate of drug-likeness (QED) is 0.569. The Hall–Kier alpha value is -0.730. The molecule has 2 aliphatic heterocycles. The molecule has 1 amide bonds. The number of amides is 1. The molecule has 0 aliphatic carbocycles. The van der Waals surface area contributed by atoms with Crippen LogP contribution in [0.25, 0.3) is 0 Å². The summed E-state index contributed by atoms with van der Waals surface area (Å²) in [6, 6.07) is 9.59. The van der Waals surface area contributed by atoms with Crippen molar-refractivity contribution in [3.63, 3.8) is 0 Å². The van der Waals surface area contributed by atoms with Gasteiger partial charge in [-0.3, -0.25) is 9.69 Å². The molecule has 1 aromatic rings. The number of rotatable bonds is 7. The van der Waals surface area contributed by atoms with Gasteiger partial charge in [-0.15, -0.1) is 11.8 Å². The summed E-state index contributed by atoms with van der Waals surface area (Å²) in [5.41, 5.74) is 6.05. The van der Waals surface area contributed by atoms with E-state index >= 15 is 0 Å². The van der Waals surface area contributed by atoms with E-state index < -0.39 is 6.10 Å². The molecule has 3 rings (SSSR count). The second-order valence-corrected chi connectivity index (χ2v) is 11.7. The number of aliphatic hydroxyl groups excluding tert-OH is 1. The Morgan fingerprint density at radius 1 is 1.38 bits per heavy atom. The van der Waals surface area contributed by atoms with E-state index in [0.717, 1.165) is 17.9 Å². The van der Waals surface area contributed by atoms with Gasteiger partial charge in [0.15, 0.2) is 0 Å². The first-order valence-corrected chi connectivity index (χ1v) is 12.6. The first kappa shape index (κ1) is 22.9. The van der Waals surface area contributed by atoms with Crippen molar-refractivity contribution in [2.45, 2.75) is 67.5 Å². The third-order valence-corrected chi connectivity index (χ3v) is 8.25. The number of piperidine rings is 1. The van der Waals surface area contributed by atoms with Crippen LogP contribution < -0.4 is 11.1 Å². The molecule has 2 saturated heterocycles. The maximum Gasteiger partial charge on any atom is 0.237 e. The van der Waals surface area contributed by atoms with Crippen LogP contribution >= 0.6 is 23.5 Å². The summed E-state index contributed by atoms with van der Waals surface area (Å²) in [4.78, 5) is 16.3. The number of benzene rings is 1. The minimum atomic E-state index is -0.651. The monoisotopic (exact) mass is 437 g/mol. The molecule has 1 aromatic carbocycles. The molecule has 5 atom stereocenters. The molecule has 2 heterocycles. The molecule has 4 N–H and O–H groups in total. The van der Waals surface area contributed by atoms with Gasteiger partial charge in [0.1, 0.15) is 0 Å². The van der Waals surface area contributed by atoms with Gasteiger partial charge in [0.2, 0.25) is 5.91 Å². The van der Waals surface area contributed by atoms with Gasteiger partial charge >= 0.3 is 0 Å². The van der Waals surface area contributed by atoms with Crippen LogP contribution in [-0.2, 0) is 4.79 Å². The number of fused-ring (bicyclic) bond motifs is 1. The summed E-state index contributed by atoms with van der Waals surface area (Å²) in [6.45, 7) is 7.35. The molecule has 162 valence electrons. The van der Waals surface area contributed by atoms with E-state index in [2.05, 4.69) is 22.3 Å². The van der Waals surface area contributed by atoms with E-state index in [4.69, 9.17) is 5.73 Å². The maximum absolute atomic E-state index is 13.0. The molecule has 0 radical (unpaired) electrons. The number of β-amino-alcohol motifs (C(OH)–C–C–N with tert-alkyl or cyclic N) is 1. The van der Waals surface area contributed by atoms with Crippen molar-refractivity contribution in [3.8, 4) is 0 Å². The van der Waals surface area contributed by atoms with Gasteiger partial charge in [-0.2, -0.15) is 11.8 Å².